The number of amides is 2. The first kappa shape index (κ1) is 22.4. The summed E-state index contributed by atoms with van der Waals surface area (Å²) < 4.78 is 11.2. The van der Waals surface area contributed by atoms with Gasteiger partial charge in [-0.05, 0) is 37.3 Å². The molecule has 0 saturated carbocycles. The Balaban J connectivity index is 1.58. The Labute approximate surface area is 195 Å². The van der Waals surface area contributed by atoms with Crippen LogP contribution >= 0.6 is 11.8 Å². The third kappa shape index (κ3) is 5.35. The number of hydrogen-bond acceptors (Lipinski definition) is 6. The zero-order valence-electron chi connectivity index (χ0n) is 17.9. The lowest BCUT2D eigenvalue weighted by atomic mass is 10.1. The van der Waals surface area contributed by atoms with Crippen LogP contribution < -0.4 is 15.4 Å². The molecule has 2 N–H and O–H groups in total. The summed E-state index contributed by atoms with van der Waals surface area (Å²) in [6, 6.07) is 20.8. The number of anilines is 2. The molecule has 0 bridgehead atoms. The first-order valence-corrected chi connectivity index (χ1v) is 11.4. The van der Waals surface area contributed by atoms with E-state index in [0.29, 0.717) is 35.0 Å². The van der Waals surface area contributed by atoms with Crippen molar-refractivity contribution < 1.29 is 23.9 Å². The van der Waals surface area contributed by atoms with E-state index in [0.717, 1.165) is 4.90 Å². The molecule has 3 aromatic rings. The normalized spacial score (nSPS) is 13.3. The number of hydrogen-bond donors (Lipinski definition) is 2. The van der Waals surface area contributed by atoms with Crippen molar-refractivity contribution in [2.24, 2.45) is 0 Å². The van der Waals surface area contributed by atoms with E-state index in [1.165, 1.54) is 11.8 Å². The van der Waals surface area contributed by atoms with Gasteiger partial charge in [-0.1, -0.05) is 42.5 Å². The number of para-hydroxylation sites is 2. The molecule has 1 unspecified atom stereocenters. The number of thioether (sulfide) groups is 1. The highest BCUT2D eigenvalue weighted by Gasteiger charge is 2.27. The second kappa shape index (κ2) is 10.2. The lowest BCUT2D eigenvalue weighted by Crippen LogP contribution is -2.26. The van der Waals surface area contributed by atoms with Crippen LogP contribution in [0.15, 0.2) is 77.7 Å². The van der Waals surface area contributed by atoms with Crippen LogP contribution in [0.25, 0.3) is 0 Å². The van der Waals surface area contributed by atoms with Crippen molar-refractivity contribution in [2.45, 2.75) is 17.9 Å². The van der Waals surface area contributed by atoms with Gasteiger partial charge in [0, 0.05) is 10.5 Å². The highest BCUT2D eigenvalue weighted by Crippen LogP contribution is 2.33. The Morgan fingerprint density at radius 1 is 1.06 bits per heavy atom. The fourth-order valence-corrected chi connectivity index (χ4v) is 4.12. The zero-order valence-corrected chi connectivity index (χ0v) is 18.7. The highest BCUT2D eigenvalue weighted by atomic mass is 32.2. The topological polar surface area (TPSA) is 93.7 Å². The monoisotopic (exact) mass is 462 g/mol. The molecule has 0 spiro atoms. The minimum Gasteiger partial charge on any atom is -0.492 e. The van der Waals surface area contributed by atoms with E-state index in [-0.39, 0.29) is 11.5 Å². The third-order valence-electron chi connectivity index (χ3n) is 4.86. The second-order valence-corrected chi connectivity index (χ2v) is 8.18. The first-order chi connectivity index (χ1) is 16.0. The van der Waals surface area contributed by atoms with E-state index in [1.807, 2.05) is 19.1 Å². The third-order valence-corrected chi connectivity index (χ3v) is 5.93. The van der Waals surface area contributed by atoms with Gasteiger partial charge in [0.15, 0.2) is 0 Å². The molecule has 4 rings (SSSR count). The van der Waals surface area contributed by atoms with Crippen molar-refractivity contribution in [3.8, 4) is 5.75 Å². The molecule has 1 aliphatic rings. The summed E-state index contributed by atoms with van der Waals surface area (Å²) in [5.41, 5.74) is 1.80. The summed E-state index contributed by atoms with van der Waals surface area (Å²) in [6.45, 7) is 2.30. The van der Waals surface area contributed by atoms with Crippen molar-refractivity contribution in [1.82, 2.24) is 0 Å². The SMILES string of the molecule is CCOc1ccccc1NC(=O)C(OC(=O)c1ccc2c(c1)NC(=O)CS2)c1ccccc1. The predicted octanol–water partition coefficient (Wildman–Crippen LogP) is 4.67. The van der Waals surface area contributed by atoms with Crippen LogP contribution in [0.4, 0.5) is 11.4 Å². The summed E-state index contributed by atoms with van der Waals surface area (Å²) in [5.74, 6) is -0.467. The molecule has 0 fully saturated rings. The number of carbonyl (C=O) groups is 3. The molecule has 3 aromatic carbocycles. The lowest BCUT2D eigenvalue weighted by molar-refractivity contribution is -0.125. The smallest absolute Gasteiger partial charge is 0.339 e. The molecule has 0 saturated heterocycles. The largest absolute Gasteiger partial charge is 0.492 e. The first-order valence-electron chi connectivity index (χ1n) is 10.4. The Kier molecular flexibility index (Phi) is 6.95. The molecule has 7 nitrogen and oxygen atoms in total. The fourth-order valence-electron chi connectivity index (χ4n) is 3.34. The predicted molar refractivity (Wildman–Crippen MR) is 127 cm³/mol. The number of ether oxygens (including phenoxy) is 2. The minimum absolute atomic E-state index is 0.132. The molecule has 1 heterocycles. The van der Waals surface area contributed by atoms with Gasteiger partial charge in [0.2, 0.25) is 12.0 Å². The van der Waals surface area contributed by atoms with Gasteiger partial charge in [-0.15, -0.1) is 11.8 Å². The lowest BCUT2D eigenvalue weighted by Gasteiger charge is -2.20. The van der Waals surface area contributed by atoms with E-state index < -0.39 is 18.0 Å². The molecule has 0 radical (unpaired) electrons. The summed E-state index contributed by atoms with van der Waals surface area (Å²) in [7, 11) is 0. The number of benzene rings is 3. The summed E-state index contributed by atoms with van der Waals surface area (Å²) in [6.07, 6.45) is -1.19. The van der Waals surface area contributed by atoms with Crippen LogP contribution in [0, 0.1) is 0 Å². The number of fused-ring (bicyclic) bond motifs is 1. The number of esters is 1. The number of rotatable bonds is 7. The van der Waals surface area contributed by atoms with Crippen LogP contribution in [-0.4, -0.2) is 30.1 Å². The molecular formula is C25H22N2O5S. The van der Waals surface area contributed by atoms with E-state index in [4.69, 9.17) is 9.47 Å². The van der Waals surface area contributed by atoms with Crippen molar-refractivity contribution in [3.05, 3.63) is 83.9 Å². The van der Waals surface area contributed by atoms with E-state index in [9.17, 15) is 14.4 Å². The van der Waals surface area contributed by atoms with Crippen LogP contribution in [0.3, 0.4) is 0 Å². The average molecular weight is 463 g/mol. The Bertz CT molecular complexity index is 1180. The van der Waals surface area contributed by atoms with Crippen molar-refractivity contribution in [2.75, 3.05) is 23.0 Å². The summed E-state index contributed by atoms with van der Waals surface area (Å²) >= 11 is 1.40. The maximum absolute atomic E-state index is 13.2. The van der Waals surface area contributed by atoms with E-state index >= 15 is 0 Å². The van der Waals surface area contributed by atoms with E-state index in [1.54, 1.807) is 60.7 Å². The second-order valence-electron chi connectivity index (χ2n) is 7.16. The van der Waals surface area contributed by atoms with Crippen molar-refractivity contribution in [3.63, 3.8) is 0 Å². The van der Waals surface area contributed by atoms with Crippen LogP contribution in [0.2, 0.25) is 0 Å². The quantitative estimate of drug-likeness (QED) is 0.496. The number of nitrogens with one attached hydrogen (secondary N) is 2. The van der Waals surface area contributed by atoms with E-state index in [2.05, 4.69) is 10.6 Å². The summed E-state index contributed by atoms with van der Waals surface area (Å²) in [5, 5.41) is 5.56. The molecule has 33 heavy (non-hydrogen) atoms. The Hall–Kier alpha value is -3.78. The zero-order chi connectivity index (χ0) is 23.2. The molecular weight excluding hydrogens is 440 g/mol. The van der Waals surface area contributed by atoms with Gasteiger partial charge < -0.3 is 20.1 Å². The van der Waals surface area contributed by atoms with Gasteiger partial charge in [0.1, 0.15) is 5.75 Å². The summed E-state index contributed by atoms with van der Waals surface area (Å²) in [4.78, 5) is 38.8. The highest BCUT2D eigenvalue weighted by molar-refractivity contribution is 8.00. The van der Waals surface area contributed by atoms with Crippen LogP contribution in [0.1, 0.15) is 28.9 Å². The molecule has 0 aromatic heterocycles. The average Bonchev–Trinajstić information content (AvgIpc) is 2.83. The van der Waals surface area contributed by atoms with Gasteiger partial charge in [0.05, 0.1) is 29.3 Å². The molecule has 0 aliphatic carbocycles. The van der Waals surface area contributed by atoms with Crippen LogP contribution in [0.5, 0.6) is 5.75 Å². The van der Waals surface area contributed by atoms with Gasteiger partial charge in [-0.25, -0.2) is 4.79 Å². The number of carbonyl (C=O) groups excluding carboxylic acids is 3. The maximum atomic E-state index is 13.2. The molecule has 2 amide bonds. The molecule has 1 atom stereocenters. The van der Waals surface area contributed by atoms with Gasteiger partial charge in [-0.3, -0.25) is 9.59 Å². The van der Waals surface area contributed by atoms with Gasteiger partial charge in [-0.2, -0.15) is 0 Å². The van der Waals surface area contributed by atoms with Gasteiger partial charge in [0.25, 0.3) is 5.91 Å². The standard InChI is InChI=1S/C25H22N2O5S/c1-2-31-20-11-7-6-10-18(20)27-24(29)23(16-8-4-3-5-9-16)32-25(30)17-12-13-21-19(14-17)26-22(28)15-33-21/h3-14,23H,2,15H2,1H3,(H,26,28)(H,27,29). The fraction of sp³-hybridized carbons (Fsp3) is 0.160. The molecule has 1 aliphatic heterocycles. The van der Waals surface area contributed by atoms with Gasteiger partial charge >= 0.3 is 5.97 Å². The Morgan fingerprint density at radius 3 is 2.61 bits per heavy atom. The van der Waals surface area contributed by atoms with Crippen molar-refractivity contribution in [1.29, 1.82) is 0 Å². The minimum atomic E-state index is -1.19. The van der Waals surface area contributed by atoms with Crippen molar-refractivity contribution >= 4 is 40.9 Å². The van der Waals surface area contributed by atoms with Crippen LogP contribution in [-0.2, 0) is 14.3 Å². The molecule has 168 valence electrons. The Morgan fingerprint density at radius 2 is 1.82 bits per heavy atom. The molecule has 8 heteroatoms. The maximum Gasteiger partial charge on any atom is 0.339 e.